The van der Waals surface area contributed by atoms with E-state index in [1.807, 2.05) is 51.2 Å². The quantitative estimate of drug-likeness (QED) is 0.631. The van der Waals surface area contributed by atoms with Crippen molar-refractivity contribution in [3.63, 3.8) is 0 Å². The topological polar surface area (TPSA) is 96.8 Å². The minimum absolute atomic E-state index is 0. The first kappa shape index (κ1) is 23.1. The van der Waals surface area contributed by atoms with Crippen molar-refractivity contribution in [3.05, 3.63) is 30.3 Å². The van der Waals surface area contributed by atoms with Gasteiger partial charge in [-0.3, -0.25) is 4.79 Å². The van der Waals surface area contributed by atoms with Gasteiger partial charge in [-0.2, -0.15) is 4.68 Å². The number of hydrogen-bond acceptors (Lipinski definition) is 6. The van der Waals surface area contributed by atoms with Crippen LogP contribution >= 0.6 is 24.8 Å². The molecule has 0 bridgehead atoms. The van der Waals surface area contributed by atoms with E-state index in [4.69, 9.17) is 0 Å². The van der Waals surface area contributed by atoms with Crippen molar-refractivity contribution < 1.29 is 4.79 Å². The van der Waals surface area contributed by atoms with Crippen LogP contribution in [0.3, 0.4) is 0 Å². The Balaban J connectivity index is 0.00000288. The number of benzene rings is 1. The minimum atomic E-state index is -0.396. The predicted molar refractivity (Wildman–Crippen MR) is 103 cm³/mol. The smallest absolute Gasteiger partial charge is 0.248 e. The Bertz CT molecular complexity index is 623. The highest BCUT2D eigenvalue weighted by atomic mass is 35.5. The van der Waals surface area contributed by atoms with Crippen molar-refractivity contribution in [1.82, 2.24) is 30.8 Å². The van der Waals surface area contributed by atoms with Crippen LogP contribution in [0.25, 0.3) is 5.69 Å². The largest absolute Gasteiger partial charge is 0.353 e. The summed E-state index contributed by atoms with van der Waals surface area (Å²) in [5.74, 6) is 0.372. The van der Waals surface area contributed by atoms with Crippen molar-refractivity contribution in [1.29, 1.82) is 0 Å². The van der Waals surface area contributed by atoms with Gasteiger partial charge in [0.25, 0.3) is 0 Å². The Kier molecular flexibility index (Phi) is 10.7. The average Bonchev–Trinajstić information content (AvgIpc) is 3.06. The molecule has 0 saturated carbocycles. The molecule has 1 aromatic carbocycles. The SMILES string of the molecule is CCC(Nc1nnnn1-c1ccccc1)C(=O)NCC(C)NC.Cl.Cl. The molecule has 0 spiro atoms. The van der Waals surface area contributed by atoms with Crippen LogP contribution in [0.15, 0.2) is 30.3 Å². The highest BCUT2D eigenvalue weighted by Crippen LogP contribution is 2.12. The number of nitrogens with one attached hydrogen (secondary N) is 3. The van der Waals surface area contributed by atoms with Crippen LogP contribution in [0.4, 0.5) is 5.95 Å². The van der Waals surface area contributed by atoms with Gasteiger partial charge in [-0.25, -0.2) is 0 Å². The molecule has 10 heteroatoms. The van der Waals surface area contributed by atoms with Gasteiger partial charge in [-0.1, -0.05) is 30.2 Å². The number of likely N-dealkylation sites (N-methyl/N-ethyl adjacent to an activating group) is 1. The monoisotopic (exact) mass is 389 g/mol. The van der Waals surface area contributed by atoms with Crippen molar-refractivity contribution >= 4 is 36.7 Å². The molecule has 140 valence electrons. The maximum atomic E-state index is 12.3. The first-order valence-electron chi connectivity index (χ1n) is 7.71. The standard InChI is InChI=1S/C15H23N7O.2ClH/c1-4-13(14(23)17-10-11(2)16-3)18-15-19-20-21-22(15)12-8-6-5-7-9-12;;/h5-9,11,13,16H,4,10H2,1-3H3,(H,17,23)(H,18,19,21);2*1H. The molecule has 3 N–H and O–H groups in total. The van der Waals surface area contributed by atoms with E-state index in [1.165, 1.54) is 0 Å². The third-order valence-electron chi connectivity index (χ3n) is 3.57. The van der Waals surface area contributed by atoms with Crippen LogP contribution < -0.4 is 16.0 Å². The lowest BCUT2D eigenvalue weighted by Gasteiger charge is -2.18. The summed E-state index contributed by atoms with van der Waals surface area (Å²) in [6.07, 6.45) is 0.626. The number of rotatable bonds is 8. The van der Waals surface area contributed by atoms with Gasteiger partial charge < -0.3 is 16.0 Å². The molecule has 8 nitrogen and oxygen atoms in total. The zero-order chi connectivity index (χ0) is 16.7. The molecule has 1 aromatic heterocycles. The van der Waals surface area contributed by atoms with Crippen LogP contribution in [0, 0.1) is 0 Å². The Morgan fingerprint density at radius 2 is 1.92 bits per heavy atom. The van der Waals surface area contributed by atoms with E-state index in [0.717, 1.165) is 5.69 Å². The molecule has 1 heterocycles. The van der Waals surface area contributed by atoms with Crippen LogP contribution in [0.2, 0.25) is 0 Å². The molecule has 25 heavy (non-hydrogen) atoms. The number of carbonyl (C=O) groups excluding carboxylic acids is 1. The fourth-order valence-electron chi connectivity index (χ4n) is 2.01. The summed E-state index contributed by atoms with van der Waals surface area (Å²) in [6.45, 7) is 4.51. The normalized spacial score (nSPS) is 12.3. The van der Waals surface area contributed by atoms with E-state index in [1.54, 1.807) is 4.68 Å². The molecular formula is C15H25Cl2N7O. The Labute approximate surface area is 160 Å². The van der Waals surface area contributed by atoms with Crippen molar-refractivity contribution in [3.8, 4) is 5.69 Å². The Hall–Kier alpha value is -1.90. The number of para-hydroxylation sites is 1. The van der Waals surface area contributed by atoms with Gasteiger partial charge in [-0.05, 0) is 43.0 Å². The number of aromatic nitrogens is 4. The third kappa shape index (κ3) is 6.49. The molecule has 0 aliphatic carbocycles. The number of hydrogen-bond donors (Lipinski definition) is 3. The maximum Gasteiger partial charge on any atom is 0.248 e. The number of carbonyl (C=O) groups is 1. The van der Waals surface area contributed by atoms with E-state index in [-0.39, 0.29) is 36.8 Å². The van der Waals surface area contributed by atoms with Gasteiger partial charge in [0.05, 0.1) is 5.69 Å². The van der Waals surface area contributed by atoms with E-state index in [0.29, 0.717) is 18.9 Å². The highest BCUT2D eigenvalue weighted by molar-refractivity contribution is 5.85. The van der Waals surface area contributed by atoms with Crippen LogP contribution in [-0.4, -0.2) is 51.8 Å². The summed E-state index contributed by atoms with van der Waals surface area (Å²) in [4.78, 5) is 12.3. The van der Waals surface area contributed by atoms with E-state index >= 15 is 0 Å². The third-order valence-corrected chi connectivity index (χ3v) is 3.57. The lowest BCUT2D eigenvalue weighted by atomic mass is 10.2. The van der Waals surface area contributed by atoms with Crippen LogP contribution in [0.1, 0.15) is 20.3 Å². The predicted octanol–water partition coefficient (Wildman–Crippen LogP) is 1.42. The molecule has 0 saturated heterocycles. The molecular weight excluding hydrogens is 365 g/mol. The van der Waals surface area contributed by atoms with E-state index in [2.05, 4.69) is 31.5 Å². The van der Waals surface area contributed by atoms with Gasteiger partial charge >= 0.3 is 0 Å². The summed E-state index contributed by atoms with van der Waals surface area (Å²) in [5, 5.41) is 20.7. The zero-order valence-electron chi connectivity index (χ0n) is 14.5. The van der Waals surface area contributed by atoms with Gasteiger partial charge in [0.2, 0.25) is 11.9 Å². The number of nitrogens with zero attached hydrogens (tertiary/aromatic N) is 4. The number of amides is 1. The Morgan fingerprint density at radius 1 is 1.24 bits per heavy atom. The molecule has 2 aromatic rings. The average molecular weight is 390 g/mol. The molecule has 1 amide bonds. The first-order chi connectivity index (χ1) is 11.2. The highest BCUT2D eigenvalue weighted by Gasteiger charge is 2.19. The van der Waals surface area contributed by atoms with Crippen molar-refractivity contribution in [2.45, 2.75) is 32.4 Å². The van der Waals surface area contributed by atoms with Crippen LogP contribution in [-0.2, 0) is 4.79 Å². The van der Waals surface area contributed by atoms with E-state index < -0.39 is 6.04 Å². The van der Waals surface area contributed by atoms with Crippen molar-refractivity contribution in [2.24, 2.45) is 0 Å². The number of anilines is 1. The summed E-state index contributed by atoms with van der Waals surface area (Å²) in [5.41, 5.74) is 0.832. The first-order valence-corrected chi connectivity index (χ1v) is 7.71. The second kappa shape index (κ2) is 11.6. The summed E-state index contributed by atoms with van der Waals surface area (Å²) in [7, 11) is 1.86. The van der Waals surface area contributed by atoms with Gasteiger partial charge in [0.15, 0.2) is 0 Å². The lowest BCUT2D eigenvalue weighted by molar-refractivity contribution is -0.122. The molecule has 2 rings (SSSR count). The van der Waals surface area contributed by atoms with Gasteiger partial charge in [0, 0.05) is 12.6 Å². The summed E-state index contributed by atoms with van der Waals surface area (Å²) in [6, 6.07) is 9.35. The number of halogens is 2. The summed E-state index contributed by atoms with van der Waals surface area (Å²) < 4.78 is 1.58. The van der Waals surface area contributed by atoms with Gasteiger partial charge in [0.1, 0.15) is 6.04 Å². The van der Waals surface area contributed by atoms with Gasteiger partial charge in [-0.15, -0.1) is 24.8 Å². The Morgan fingerprint density at radius 3 is 2.52 bits per heavy atom. The fraction of sp³-hybridized carbons (Fsp3) is 0.467. The lowest BCUT2D eigenvalue weighted by Crippen LogP contribution is -2.44. The molecule has 2 atom stereocenters. The molecule has 2 unspecified atom stereocenters. The van der Waals surface area contributed by atoms with E-state index in [9.17, 15) is 4.79 Å². The maximum absolute atomic E-state index is 12.3. The zero-order valence-corrected chi connectivity index (χ0v) is 16.1. The second-order valence-corrected chi connectivity index (χ2v) is 5.29. The molecule has 0 fully saturated rings. The van der Waals surface area contributed by atoms with Crippen molar-refractivity contribution in [2.75, 3.05) is 18.9 Å². The number of tetrazole rings is 1. The minimum Gasteiger partial charge on any atom is -0.353 e. The second-order valence-electron chi connectivity index (χ2n) is 5.29. The molecule has 0 radical (unpaired) electrons. The molecule has 0 aliphatic rings. The summed E-state index contributed by atoms with van der Waals surface area (Å²) >= 11 is 0. The fourth-order valence-corrected chi connectivity index (χ4v) is 2.01. The van der Waals surface area contributed by atoms with Crippen LogP contribution in [0.5, 0.6) is 0 Å². The molecule has 0 aliphatic heterocycles.